The summed E-state index contributed by atoms with van der Waals surface area (Å²) in [5, 5.41) is 4.54. The monoisotopic (exact) mass is 419 g/mol. The molecule has 0 bridgehead atoms. The lowest BCUT2D eigenvalue weighted by Gasteiger charge is -2.23. The third-order valence-electron chi connectivity index (χ3n) is 5.82. The molecule has 1 aliphatic rings. The van der Waals surface area contributed by atoms with Gasteiger partial charge in [0.2, 0.25) is 0 Å². The highest BCUT2D eigenvalue weighted by molar-refractivity contribution is 7.18. The Bertz CT molecular complexity index is 1180. The zero-order valence-corrected chi connectivity index (χ0v) is 17.6. The van der Waals surface area contributed by atoms with E-state index in [2.05, 4.69) is 19.9 Å². The summed E-state index contributed by atoms with van der Waals surface area (Å²) in [5.41, 5.74) is 2.43. The fourth-order valence-corrected chi connectivity index (χ4v) is 5.51. The van der Waals surface area contributed by atoms with Crippen LogP contribution in [0.15, 0.2) is 60.2 Å². The number of imidazole rings is 1. The molecule has 0 spiro atoms. The first-order chi connectivity index (χ1) is 14.8. The van der Waals surface area contributed by atoms with Crippen molar-refractivity contribution >= 4 is 21.6 Å². The number of nitrogens with one attached hydrogen (secondary N) is 1. The van der Waals surface area contributed by atoms with E-state index in [-0.39, 0.29) is 5.56 Å². The molecule has 1 atom stereocenters. The Morgan fingerprint density at radius 2 is 2.10 bits per heavy atom. The molecule has 3 heterocycles. The molecule has 4 aromatic rings. The first-order valence-corrected chi connectivity index (χ1v) is 11.3. The highest BCUT2D eigenvalue weighted by Gasteiger charge is 2.25. The predicted molar refractivity (Wildman–Crippen MR) is 120 cm³/mol. The van der Waals surface area contributed by atoms with E-state index >= 15 is 0 Å². The number of benzene rings is 1. The van der Waals surface area contributed by atoms with Gasteiger partial charge in [0.15, 0.2) is 0 Å². The van der Waals surface area contributed by atoms with Crippen molar-refractivity contribution in [2.45, 2.75) is 44.8 Å². The van der Waals surface area contributed by atoms with E-state index in [0.717, 1.165) is 54.6 Å². The van der Waals surface area contributed by atoms with Gasteiger partial charge in [-0.25, -0.2) is 9.97 Å². The average molecular weight is 420 g/mol. The third-order valence-corrected chi connectivity index (χ3v) is 6.98. The van der Waals surface area contributed by atoms with E-state index in [1.54, 1.807) is 22.2 Å². The van der Waals surface area contributed by atoms with Gasteiger partial charge in [-0.3, -0.25) is 9.36 Å². The van der Waals surface area contributed by atoms with Crippen molar-refractivity contribution in [3.05, 3.63) is 81.7 Å². The Balaban J connectivity index is 1.28. The number of hydrogen-bond acceptors (Lipinski definition) is 5. The number of nitrogens with zero attached hydrogens (tertiary/aromatic N) is 4. The molecule has 1 unspecified atom stereocenters. The number of hydrogen-bond donors (Lipinski definition) is 1. The fourth-order valence-electron chi connectivity index (χ4n) is 4.25. The van der Waals surface area contributed by atoms with Crippen molar-refractivity contribution in [1.82, 2.24) is 24.4 Å². The van der Waals surface area contributed by atoms with Crippen LogP contribution in [-0.2, 0) is 25.9 Å². The lowest BCUT2D eigenvalue weighted by Crippen LogP contribution is -2.35. The van der Waals surface area contributed by atoms with Crippen LogP contribution in [0.25, 0.3) is 10.2 Å². The van der Waals surface area contributed by atoms with Crippen LogP contribution in [0.2, 0.25) is 0 Å². The van der Waals surface area contributed by atoms with Gasteiger partial charge in [0.05, 0.1) is 24.6 Å². The second-order valence-electron chi connectivity index (χ2n) is 7.90. The van der Waals surface area contributed by atoms with Crippen LogP contribution in [0.5, 0.6) is 0 Å². The summed E-state index contributed by atoms with van der Waals surface area (Å²) < 4.78 is 3.85. The van der Waals surface area contributed by atoms with Gasteiger partial charge in [-0.1, -0.05) is 30.3 Å². The standard InChI is InChI=1S/C23H25N5OS/c29-23-21-19-8-7-18(25-9-4-11-27-12-10-24-15-27)13-20(19)30-22(21)26-16-28(23)14-17-5-2-1-3-6-17/h1-3,5-6,10,12,15-16,18,25H,4,7-9,11,13-14H2. The van der Waals surface area contributed by atoms with Gasteiger partial charge < -0.3 is 9.88 Å². The molecule has 0 saturated carbocycles. The van der Waals surface area contributed by atoms with Crippen LogP contribution in [-0.4, -0.2) is 31.7 Å². The predicted octanol–water partition coefficient (Wildman–Crippen LogP) is 3.24. The summed E-state index contributed by atoms with van der Waals surface area (Å²) in [5.74, 6) is 0. The van der Waals surface area contributed by atoms with E-state index in [1.807, 2.05) is 49.1 Å². The third kappa shape index (κ3) is 3.95. The fraction of sp³-hybridized carbons (Fsp3) is 0.348. The number of rotatable bonds is 7. The maximum absolute atomic E-state index is 13.2. The minimum Gasteiger partial charge on any atom is -0.337 e. The minimum atomic E-state index is 0.0908. The second-order valence-corrected chi connectivity index (χ2v) is 8.98. The molecule has 1 aromatic carbocycles. The Morgan fingerprint density at radius 1 is 1.20 bits per heavy atom. The topological polar surface area (TPSA) is 64.7 Å². The Hall–Kier alpha value is -2.77. The van der Waals surface area contributed by atoms with Gasteiger partial charge in [0.25, 0.3) is 5.56 Å². The Labute approximate surface area is 179 Å². The number of fused-ring (bicyclic) bond motifs is 3. The lowest BCUT2D eigenvalue weighted by atomic mass is 9.93. The van der Waals surface area contributed by atoms with Crippen molar-refractivity contribution in [3.8, 4) is 0 Å². The zero-order chi connectivity index (χ0) is 20.3. The summed E-state index contributed by atoms with van der Waals surface area (Å²) in [7, 11) is 0. The van der Waals surface area contributed by atoms with E-state index in [0.29, 0.717) is 12.6 Å². The van der Waals surface area contributed by atoms with Crippen molar-refractivity contribution in [2.75, 3.05) is 6.54 Å². The van der Waals surface area contributed by atoms with E-state index in [1.165, 1.54) is 10.4 Å². The molecule has 154 valence electrons. The van der Waals surface area contributed by atoms with Crippen molar-refractivity contribution < 1.29 is 0 Å². The first-order valence-electron chi connectivity index (χ1n) is 10.5. The van der Waals surface area contributed by atoms with Gasteiger partial charge in [-0.15, -0.1) is 11.3 Å². The van der Waals surface area contributed by atoms with Crippen molar-refractivity contribution in [2.24, 2.45) is 0 Å². The summed E-state index contributed by atoms with van der Waals surface area (Å²) in [6.45, 7) is 2.54. The summed E-state index contributed by atoms with van der Waals surface area (Å²) in [4.78, 5) is 24.1. The van der Waals surface area contributed by atoms with Crippen LogP contribution in [0, 0.1) is 0 Å². The van der Waals surface area contributed by atoms with Crippen LogP contribution < -0.4 is 10.9 Å². The molecule has 5 rings (SSSR count). The van der Waals surface area contributed by atoms with Crippen molar-refractivity contribution in [3.63, 3.8) is 0 Å². The van der Waals surface area contributed by atoms with Gasteiger partial charge in [-0.05, 0) is 43.4 Å². The molecule has 3 aromatic heterocycles. The smallest absolute Gasteiger partial charge is 0.262 e. The van der Waals surface area contributed by atoms with Crippen molar-refractivity contribution in [1.29, 1.82) is 0 Å². The van der Waals surface area contributed by atoms with Gasteiger partial charge in [0.1, 0.15) is 4.83 Å². The molecular weight excluding hydrogens is 394 g/mol. The van der Waals surface area contributed by atoms with Gasteiger partial charge >= 0.3 is 0 Å². The molecule has 0 radical (unpaired) electrons. The largest absolute Gasteiger partial charge is 0.337 e. The SMILES string of the molecule is O=c1c2c3c(sc2ncn1Cc1ccccc1)CC(NCCCn1ccnc1)CC3. The maximum atomic E-state index is 13.2. The van der Waals surface area contributed by atoms with Gasteiger partial charge in [0, 0.05) is 29.9 Å². The van der Waals surface area contributed by atoms with Crippen LogP contribution in [0.4, 0.5) is 0 Å². The highest BCUT2D eigenvalue weighted by atomic mass is 32.1. The second kappa shape index (κ2) is 8.53. The Morgan fingerprint density at radius 3 is 2.93 bits per heavy atom. The van der Waals surface area contributed by atoms with Crippen LogP contribution in [0.3, 0.4) is 0 Å². The van der Waals surface area contributed by atoms with Crippen LogP contribution >= 0.6 is 11.3 Å². The average Bonchev–Trinajstić information content (AvgIpc) is 3.41. The molecule has 1 N–H and O–H groups in total. The van der Waals surface area contributed by atoms with E-state index in [9.17, 15) is 4.79 Å². The molecule has 7 heteroatoms. The molecule has 6 nitrogen and oxygen atoms in total. The molecule has 0 saturated heterocycles. The van der Waals surface area contributed by atoms with Crippen LogP contribution in [0.1, 0.15) is 28.8 Å². The summed E-state index contributed by atoms with van der Waals surface area (Å²) in [6.07, 6.45) is 11.5. The summed E-state index contributed by atoms with van der Waals surface area (Å²) in [6, 6.07) is 10.6. The number of aryl methyl sites for hydroxylation is 2. The first kappa shape index (κ1) is 19.2. The number of aromatic nitrogens is 4. The molecule has 0 amide bonds. The van der Waals surface area contributed by atoms with E-state index < -0.39 is 0 Å². The normalized spacial score (nSPS) is 16.1. The zero-order valence-electron chi connectivity index (χ0n) is 16.8. The molecule has 1 aliphatic carbocycles. The summed E-state index contributed by atoms with van der Waals surface area (Å²) >= 11 is 1.69. The molecule has 0 aliphatic heterocycles. The van der Waals surface area contributed by atoms with Gasteiger partial charge in [-0.2, -0.15) is 0 Å². The Kier molecular flexibility index (Phi) is 5.46. The quantitative estimate of drug-likeness (QED) is 0.467. The number of thiophene rings is 1. The van der Waals surface area contributed by atoms with E-state index in [4.69, 9.17) is 0 Å². The molecule has 0 fully saturated rings. The highest BCUT2D eigenvalue weighted by Crippen LogP contribution is 2.33. The molecular formula is C23H25N5OS. The minimum absolute atomic E-state index is 0.0908. The maximum Gasteiger partial charge on any atom is 0.262 e. The lowest BCUT2D eigenvalue weighted by molar-refractivity contribution is 0.449. The molecule has 30 heavy (non-hydrogen) atoms.